The first-order chi connectivity index (χ1) is 8.37. The Bertz CT molecular complexity index is 336. The molecule has 1 aliphatic rings. The van der Waals surface area contributed by atoms with Gasteiger partial charge in [-0.25, -0.2) is 8.42 Å². The molecule has 0 amide bonds. The number of aliphatic hydroxyl groups excluding tert-OH is 1. The standard InChI is InChI=1S/C12H26N2O3S/c1-4-12(5-2,11-15)10-13-6-8-14(9-7-13)18(3,16)17/h15H,4-11H2,1-3H3. The lowest BCUT2D eigenvalue weighted by molar-refractivity contribution is 0.0525. The minimum absolute atomic E-state index is 0.0345. The lowest BCUT2D eigenvalue weighted by Gasteiger charge is -2.39. The first kappa shape index (κ1) is 15.9. The number of piperazine rings is 1. The third kappa shape index (κ3) is 3.91. The van der Waals surface area contributed by atoms with Gasteiger partial charge in [0, 0.05) is 44.7 Å². The van der Waals surface area contributed by atoms with Crippen LogP contribution in [0.2, 0.25) is 0 Å². The fourth-order valence-corrected chi connectivity index (χ4v) is 3.27. The molecule has 1 saturated heterocycles. The zero-order valence-electron chi connectivity index (χ0n) is 11.7. The van der Waals surface area contributed by atoms with Crippen LogP contribution in [-0.4, -0.2) is 68.3 Å². The lowest BCUT2D eigenvalue weighted by Crippen LogP contribution is -2.51. The van der Waals surface area contributed by atoms with Crippen molar-refractivity contribution >= 4 is 10.0 Å². The summed E-state index contributed by atoms with van der Waals surface area (Å²) in [5, 5.41) is 9.56. The summed E-state index contributed by atoms with van der Waals surface area (Å²) in [6.07, 6.45) is 3.16. The Balaban J connectivity index is 2.53. The third-order valence-electron chi connectivity index (χ3n) is 4.19. The van der Waals surface area contributed by atoms with Crippen LogP contribution >= 0.6 is 0 Å². The molecule has 1 N–H and O–H groups in total. The molecule has 0 aliphatic carbocycles. The normalized spacial score (nSPS) is 20.2. The highest BCUT2D eigenvalue weighted by atomic mass is 32.2. The summed E-state index contributed by atoms with van der Waals surface area (Å²) in [7, 11) is -3.05. The van der Waals surface area contributed by atoms with Gasteiger partial charge >= 0.3 is 0 Å². The highest BCUT2D eigenvalue weighted by Gasteiger charge is 2.31. The quantitative estimate of drug-likeness (QED) is 0.762. The fraction of sp³-hybridized carbons (Fsp3) is 1.00. The Kier molecular flexibility index (Phi) is 5.58. The Labute approximate surface area is 111 Å². The van der Waals surface area contributed by atoms with Crippen molar-refractivity contribution in [1.82, 2.24) is 9.21 Å². The van der Waals surface area contributed by atoms with E-state index in [0.717, 1.165) is 32.5 Å². The van der Waals surface area contributed by atoms with Crippen LogP contribution in [-0.2, 0) is 10.0 Å². The number of sulfonamides is 1. The van der Waals surface area contributed by atoms with Crippen LogP contribution < -0.4 is 0 Å². The van der Waals surface area contributed by atoms with E-state index in [2.05, 4.69) is 18.7 Å². The van der Waals surface area contributed by atoms with Crippen molar-refractivity contribution in [1.29, 1.82) is 0 Å². The zero-order chi connectivity index (χ0) is 13.8. The molecule has 6 heteroatoms. The molecule has 0 saturated carbocycles. The molecule has 0 atom stereocenters. The second-order valence-corrected chi connectivity index (χ2v) is 7.29. The van der Waals surface area contributed by atoms with Gasteiger partial charge in [-0.05, 0) is 12.8 Å². The molecule has 0 aromatic carbocycles. The third-order valence-corrected chi connectivity index (χ3v) is 5.50. The van der Waals surface area contributed by atoms with Crippen molar-refractivity contribution in [3.8, 4) is 0 Å². The van der Waals surface area contributed by atoms with E-state index in [9.17, 15) is 13.5 Å². The Morgan fingerprint density at radius 3 is 1.94 bits per heavy atom. The van der Waals surface area contributed by atoms with Crippen molar-refractivity contribution in [3.63, 3.8) is 0 Å². The lowest BCUT2D eigenvalue weighted by atomic mass is 9.82. The maximum Gasteiger partial charge on any atom is 0.211 e. The van der Waals surface area contributed by atoms with E-state index in [1.54, 1.807) is 0 Å². The fourth-order valence-electron chi connectivity index (χ4n) is 2.44. The molecule has 1 rings (SSSR count). The Morgan fingerprint density at radius 1 is 1.11 bits per heavy atom. The predicted molar refractivity (Wildman–Crippen MR) is 73.0 cm³/mol. The van der Waals surface area contributed by atoms with Crippen molar-refractivity contribution in [3.05, 3.63) is 0 Å². The van der Waals surface area contributed by atoms with Crippen LogP contribution in [0.25, 0.3) is 0 Å². The molecule has 1 heterocycles. The van der Waals surface area contributed by atoms with Gasteiger partial charge in [0.1, 0.15) is 0 Å². The van der Waals surface area contributed by atoms with Gasteiger partial charge in [0.2, 0.25) is 10.0 Å². The number of hydrogen-bond donors (Lipinski definition) is 1. The molecule has 5 nitrogen and oxygen atoms in total. The molecular weight excluding hydrogens is 252 g/mol. The molecule has 1 fully saturated rings. The van der Waals surface area contributed by atoms with Crippen LogP contribution in [0.5, 0.6) is 0 Å². The van der Waals surface area contributed by atoms with E-state index in [0.29, 0.717) is 13.1 Å². The average Bonchev–Trinajstić information content (AvgIpc) is 2.36. The molecule has 0 aromatic rings. The van der Waals surface area contributed by atoms with Crippen LogP contribution in [0, 0.1) is 5.41 Å². The maximum atomic E-state index is 11.4. The van der Waals surface area contributed by atoms with Gasteiger partial charge in [-0.2, -0.15) is 4.31 Å². The second-order valence-electron chi connectivity index (χ2n) is 5.30. The van der Waals surface area contributed by atoms with Gasteiger partial charge in [0.05, 0.1) is 6.26 Å². The van der Waals surface area contributed by atoms with Gasteiger partial charge < -0.3 is 10.0 Å². The molecule has 108 valence electrons. The number of aliphatic hydroxyl groups is 1. The highest BCUT2D eigenvalue weighted by Crippen LogP contribution is 2.27. The second kappa shape index (κ2) is 6.32. The predicted octanol–water partition coefficient (Wildman–Crippen LogP) is 0.362. The van der Waals surface area contributed by atoms with Crippen LogP contribution in [0.4, 0.5) is 0 Å². The summed E-state index contributed by atoms with van der Waals surface area (Å²) in [5.74, 6) is 0. The summed E-state index contributed by atoms with van der Waals surface area (Å²) < 4.78 is 24.4. The number of hydrogen-bond acceptors (Lipinski definition) is 4. The summed E-state index contributed by atoms with van der Waals surface area (Å²) in [6.45, 7) is 7.91. The Morgan fingerprint density at radius 2 is 1.61 bits per heavy atom. The van der Waals surface area contributed by atoms with E-state index in [1.807, 2.05) is 0 Å². The van der Waals surface area contributed by atoms with Gasteiger partial charge in [-0.15, -0.1) is 0 Å². The molecule has 0 aromatic heterocycles. The van der Waals surface area contributed by atoms with E-state index in [4.69, 9.17) is 0 Å². The van der Waals surface area contributed by atoms with E-state index in [-0.39, 0.29) is 12.0 Å². The smallest absolute Gasteiger partial charge is 0.211 e. The van der Waals surface area contributed by atoms with Crippen molar-refractivity contribution in [2.75, 3.05) is 45.6 Å². The molecule has 1 aliphatic heterocycles. The molecule has 0 unspecified atom stereocenters. The van der Waals surface area contributed by atoms with E-state index < -0.39 is 10.0 Å². The number of rotatable bonds is 6. The zero-order valence-corrected chi connectivity index (χ0v) is 12.5. The van der Waals surface area contributed by atoms with Crippen molar-refractivity contribution in [2.24, 2.45) is 5.41 Å². The maximum absolute atomic E-state index is 11.4. The molecule has 0 radical (unpaired) electrons. The highest BCUT2D eigenvalue weighted by molar-refractivity contribution is 7.88. The minimum Gasteiger partial charge on any atom is -0.396 e. The SMILES string of the molecule is CCC(CC)(CO)CN1CCN(S(C)(=O)=O)CC1. The average molecular weight is 278 g/mol. The number of nitrogens with zero attached hydrogens (tertiary/aromatic N) is 2. The monoisotopic (exact) mass is 278 g/mol. The largest absolute Gasteiger partial charge is 0.396 e. The van der Waals surface area contributed by atoms with Crippen molar-refractivity contribution < 1.29 is 13.5 Å². The summed E-state index contributed by atoms with van der Waals surface area (Å²) in [5.41, 5.74) is -0.0345. The van der Waals surface area contributed by atoms with Gasteiger partial charge in [0.15, 0.2) is 0 Å². The van der Waals surface area contributed by atoms with E-state index >= 15 is 0 Å². The molecule has 0 bridgehead atoms. The van der Waals surface area contributed by atoms with Gasteiger partial charge in [-0.1, -0.05) is 13.8 Å². The first-order valence-corrected chi connectivity index (χ1v) is 8.50. The summed E-state index contributed by atoms with van der Waals surface area (Å²) in [6, 6.07) is 0. The van der Waals surface area contributed by atoms with Crippen LogP contribution in [0.15, 0.2) is 0 Å². The summed E-state index contributed by atoms with van der Waals surface area (Å²) in [4.78, 5) is 2.27. The molecule has 0 spiro atoms. The first-order valence-electron chi connectivity index (χ1n) is 6.65. The van der Waals surface area contributed by atoms with Gasteiger partial charge in [0.25, 0.3) is 0 Å². The molecule has 18 heavy (non-hydrogen) atoms. The van der Waals surface area contributed by atoms with Crippen LogP contribution in [0.1, 0.15) is 26.7 Å². The summed E-state index contributed by atoms with van der Waals surface area (Å²) >= 11 is 0. The van der Waals surface area contributed by atoms with Crippen molar-refractivity contribution in [2.45, 2.75) is 26.7 Å². The molecular formula is C12H26N2O3S. The minimum atomic E-state index is -3.05. The topological polar surface area (TPSA) is 60.9 Å². The van der Waals surface area contributed by atoms with Crippen LogP contribution in [0.3, 0.4) is 0 Å². The van der Waals surface area contributed by atoms with E-state index in [1.165, 1.54) is 10.6 Å². The Hall–Kier alpha value is -0.170. The van der Waals surface area contributed by atoms with Gasteiger partial charge in [-0.3, -0.25) is 0 Å².